The lowest BCUT2D eigenvalue weighted by molar-refractivity contribution is 0.415. The van der Waals surface area contributed by atoms with Gasteiger partial charge in [-0.2, -0.15) is 0 Å². The van der Waals surface area contributed by atoms with E-state index in [0.717, 1.165) is 34.0 Å². The summed E-state index contributed by atoms with van der Waals surface area (Å²) in [5.41, 5.74) is 10.6. The number of ether oxygens (including phenoxy) is 1. The summed E-state index contributed by atoms with van der Waals surface area (Å²) in [5.74, 6) is 0.842. The molecule has 0 aliphatic rings. The van der Waals surface area contributed by atoms with Gasteiger partial charge in [0.05, 0.1) is 18.5 Å². The number of benzene rings is 1. The van der Waals surface area contributed by atoms with Crippen LogP contribution in [0, 0.1) is 6.92 Å². The van der Waals surface area contributed by atoms with Crippen LogP contribution in [-0.4, -0.2) is 16.5 Å². The Hall–Kier alpha value is -2.49. The van der Waals surface area contributed by atoms with E-state index < -0.39 is 0 Å². The summed E-state index contributed by atoms with van der Waals surface area (Å²) in [7, 11) is 1.66. The highest BCUT2D eigenvalue weighted by molar-refractivity contribution is 5.68. The molecule has 0 saturated heterocycles. The van der Waals surface area contributed by atoms with Crippen molar-refractivity contribution >= 4 is 11.3 Å². The van der Waals surface area contributed by atoms with Crippen molar-refractivity contribution < 1.29 is 4.74 Å². The molecule has 19 heavy (non-hydrogen) atoms. The van der Waals surface area contributed by atoms with Crippen LogP contribution in [0.5, 0.6) is 5.75 Å². The maximum absolute atomic E-state index is 5.86. The lowest BCUT2D eigenvalue weighted by Gasteiger charge is -2.05. The Morgan fingerprint density at radius 2 is 1.84 bits per heavy atom. The monoisotopic (exact) mass is 253 g/mol. The van der Waals surface area contributed by atoms with Crippen molar-refractivity contribution in [3.8, 4) is 17.0 Å². The third-order valence-corrected chi connectivity index (χ3v) is 3.18. The first-order valence-corrected chi connectivity index (χ1v) is 6.07. The standard InChI is InChI=1S/C15H15N3O/c1-10-15(11-3-6-13(19-2)7-4-11)18-9-12(16)5-8-14(18)17-10/h3-9H,16H2,1-2H3. The second kappa shape index (κ2) is 4.31. The number of aryl methyl sites for hydroxylation is 1. The fourth-order valence-corrected chi connectivity index (χ4v) is 2.28. The summed E-state index contributed by atoms with van der Waals surface area (Å²) >= 11 is 0. The van der Waals surface area contributed by atoms with Crippen LogP contribution in [0.2, 0.25) is 0 Å². The van der Waals surface area contributed by atoms with Gasteiger partial charge in [0, 0.05) is 17.4 Å². The lowest BCUT2D eigenvalue weighted by atomic mass is 10.1. The van der Waals surface area contributed by atoms with Crippen molar-refractivity contribution in [3.05, 3.63) is 48.3 Å². The molecular formula is C15H15N3O. The normalized spacial score (nSPS) is 10.8. The number of pyridine rings is 1. The molecule has 2 aromatic heterocycles. The smallest absolute Gasteiger partial charge is 0.137 e. The first kappa shape index (κ1) is 11.6. The summed E-state index contributed by atoms with van der Waals surface area (Å²) in [6, 6.07) is 11.7. The van der Waals surface area contributed by atoms with Gasteiger partial charge in [0.15, 0.2) is 0 Å². The minimum Gasteiger partial charge on any atom is -0.497 e. The Labute approximate surface area is 111 Å². The molecule has 3 aromatic rings. The van der Waals surface area contributed by atoms with E-state index in [-0.39, 0.29) is 0 Å². The highest BCUT2D eigenvalue weighted by Gasteiger charge is 2.10. The zero-order valence-corrected chi connectivity index (χ0v) is 10.9. The van der Waals surface area contributed by atoms with Gasteiger partial charge in [-0.3, -0.25) is 4.40 Å². The Balaban J connectivity index is 2.22. The fraction of sp³-hybridized carbons (Fsp3) is 0.133. The molecule has 0 fully saturated rings. The number of anilines is 1. The van der Waals surface area contributed by atoms with E-state index in [9.17, 15) is 0 Å². The van der Waals surface area contributed by atoms with E-state index in [2.05, 4.69) is 4.98 Å². The Bertz CT molecular complexity index is 729. The lowest BCUT2D eigenvalue weighted by Crippen LogP contribution is -1.93. The molecule has 96 valence electrons. The highest BCUT2D eigenvalue weighted by Crippen LogP contribution is 2.27. The third kappa shape index (κ3) is 1.91. The van der Waals surface area contributed by atoms with Gasteiger partial charge >= 0.3 is 0 Å². The highest BCUT2D eigenvalue weighted by atomic mass is 16.5. The van der Waals surface area contributed by atoms with Crippen LogP contribution < -0.4 is 10.5 Å². The minimum absolute atomic E-state index is 0.722. The average molecular weight is 253 g/mol. The van der Waals surface area contributed by atoms with Gasteiger partial charge in [-0.1, -0.05) is 0 Å². The van der Waals surface area contributed by atoms with E-state index in [1.165, 1.54) is 0 Å². The summed E-state index contributed by atoms with van der Waals surface area (Å²) in [5, 5.41) is 0. The molecule has 3 rings (SSSR count). The van der Waals surface area contributed by atoms with Gasteiger partial charge in [-0.15, -0.1) is 0 Å². The Morgan fingerprint density at radius 1 is 1.11 bits per heavy atom. The van der Waals surface area contributed by atoms with E-state index in [1.807, 2.05) is 53.9 Å². The molecule has 0 atom stereocenters. The van der Waals surface area contributed by atoms with Crippen molar-refractivity contribution in [2.24, 2.45) is 0 Å². The number of aromatic nitrogens is 2. The number of nitrogens with two attached hydrogens (primary N) is 1. The number of nitrogens with zero attached hydrogens (tertiary/aromatic N) is 2. The van der Waals surface area contributed by atoms with Crippen LogP contribution in [0.3, 0.4) is 0 Å². The molecular weight excluding hydrogens is 238 g/mol. The van der Waals surface area contributed by atoms with Crippen LogP contribution in [0.15, 0.2) is 42.6 Å². The number of imidazole rings is 1. The average Bonchev–Trinajstić information content (AvgIpc) is 2.74. The van der Waals surface area contributed by atoms with Gasteiger partial charge in [0.1, 0.15) is 11.4 Å². The number of fused-ring (bicyclic) bond motifs is 1. The van der Waals surface area contributed by atoms with Crippen LogP contribution in [-0.2, 0) is 0 Å². The molecule has 0 aliphatic heterocycles. The maximum atomic E-state index is 5.86. The van der Waals surface area contributed by atoms with Crippen LogP contribution in [0.4, 0.5) is 5.69 Å². The van der Waals surface area contributed by atoms with E-state index in [0.29, 0.717) is 0 Å². The largest absolute Gasteiger partial charge is 0.497 e. The molecule has 0 spiro atoms. The molecule has 0 amide bonds. The summed E-state index contributed by atoms with van der Waals surface area (Å²) < 4.78 is 7.20. The number of nitrogen functional groups attached to an aromatic ring is 1. The first-order valence-electron chi connectivity index (χ1n) is 6.07. The zero-order valence-electron chi connectivity index (χ0n) is 10.9. The van der Waals surface area contributed by atoms with Gasteiger partial charge in [-0.25, -0.2) is 4.98 Å². The Kier molecular flexibility index (Phi) is 2.63. The van der Waals surface area contributed by atoms with E-state index in [1.54, 1.807) is 7.11 Å². The number of methoxy groups -OCH3 is 1. The minimum atomic E-state index is 0.722. The predicted octanol–water partition coefficient (Wildman–Crippen LogP) is 2.90. The topological polar surface area (TPSA) is 52.5 Å². The van der Waals surface area contributed by atoms with E-state index >= 15 is 0 Å². The van der Waals surface area contributed by atoms with Crippen LogP contribution in [0.1, 0.15) is 5.69 Å². The third-order valence-electron chi connectivity index (χ3n) is 3.18. The van der Waals surface area contributed by atoms with E-state index in [4.69, 9.17) is 10.5 Å². The molecule has 4 heteroatoms. The van der Waals surface area contributed by atoms with Crippen LogP contribution in [0.25, 0.3) is 16.9 Å². The van der Waals surface area contributed by atoms with Crippen molar-refractivity contribution in [2.75, 3.05) is 12.8 Å². The van der Waals surface area contributed by atoms with Crippen LogP contribution >= 0.6 is 0 Å². The molecule has 2 N–H and O–H groups in total. The van der Waals surface area contributed by atoms with Crippen molar-refractivity contribution in [3.63, 3.8) is 0 Å². The molecule has 0 radical (unpaired) electrons. The maximum Gasteiger partial charge on any atom is 0.137 e. The molecule has 0 saturated carbocycles. The molecule has 0 aliphatic carbocycles. The second-order valence-corrected chi connectivity index (χ2v) is 4.46. The number of rotatable bonds is 2. The SMILES string of the molecule is COc1ccc(-c2c(C)nc3ccc(N)cn23)cc1. The second-order valence-electron chi connectivity index (χ2n) is 4.46. The quantitative estimate of drug-likeness (QED) is 0.764. The van der Waals surface area contributed by atoms with Gasteiger partial charge < -0.3 is 10.5 Å². The fourth-order valence-electron chi connectivity index (χ4n) is 2.28. The summed E-state index contributed by atoms with van der Waals surface area (Å²) in [4.78, 5) is 4.55. The van der Waals surface area contributed by atoms with Gasteiger partial charge in [0.25, 0.3) is 0 Å². The summed E-state index contributed by atoms with van der Waals surface area (Å²) in [6.07, 6.45) is 1.90. The number of hydrogen-bond donors (Lipinski definition) is 1. The number of hydrogen-bond acceptors (Lipinski definition) is 3. The molecule has 1 aromatic carbocycles. The molecule has 0 bridgehead atoms. The molecule has 4 nitrogen and oxygen atoms in total. The van der Waals surface area contributed by atoms with Gasteiger partial charge in [0.2, 0.25) is 0 Å². The first-order chi connectivity index (χ1) is 9.19. The predicted molar refractivity (Wildman–Crippen MR) is 76.3 cm³/mol. The van der Waals surface area contributed by atoms with Gasteiger partial charge in [-0.05, 0) is 43.3 Å². The zero-order chi connectivity index (χ0) is 13.4. The van der Waals surface area contributed by atoms with Crippen molar-refractivity contribution in [1.29, 1.82) is 0 Å². The summed E-state index contributed by atoms with van der Waals surface area (Å²) in [6.45, 7) is 2.00. The molecule has 0 unspecified atom stereocenters. The molecule has 2 heterocycles. The Morgan fingerprint density at radius 3 is 2.53 bits per heavy atom. The van der Waals surface area contributed by atoms with Crippen molar-refractivity contribution in [1.82, 2.24) is 9.38 Å². The van der Waals surface area contributed by atoms with Crippen molar-refractivity contribution in [2.45, 2.75) is 6.92 Å².